The first-order valence-corrected chi connectivity index (χ1v) is 4.06. The molecule has 1 heterocycles. The molecule has 0 aliphatic carbocycles. The maximum atomic E-state index is 8.66. The molecular formula is C8H14N2O2. The normalized spacial score (nSPS) is 20.4. The Labute approximate surface area is 72.1 Å². The van der Waals surface area contributed by atoms with Crippen LogP contribution in [0.15, 0.2) is 17.3 Å². The van der Waals surface area contributed by atoms with E-state index < -0.39 is 0 Å². The zero-order chi connectivity index (χ0) is 8.81. The highest BCUT2D eigenvalue weighted by Gasteiger charge is 2.12. The molecule has 68 valence electrons. The molecule has 0 unspecified atom stereocenters. The average molecular weight is 170 g/mol. The summed E-state index contributed by atoms with van der Waals surface area (Å²) in [6.07, 6.45) is 3.63. The Hall–Kier alpha value is -1.03. The van der Waals surface area contributed by atoms with Crippen LogP contribution in [-0.2, 0) is 4.74 Å². The van der Waals surface area contributed by atoms with E-state index in [4.69, 9.17) is 9.94 Å². The van der Waals surface area contributed by atoms with Crippen LogP contribution in [0.25, 0.3) is 0 Å². The first kappa shape index (κ1) is 9.06. The highest BCUT2D eigenvalue weighted by Crippen LogP contribution is 1.99. The van der Waals surface area contributed by atoms with Crippen molar-refractivity contribution in [1.82, 2.24) is 4.90 Å². The van der Waals surface area contributed by atoms with Gasteiger partial charge in [0.2, 0.25) is 0 Å². The lowest BCUT2D eigenvalue weighted by Crippen LogP contribution is -2.39. The number of nitrogens with zero attached hydrogens (tertiary/aromatic N) is 2. The first-order chi connectivity index (χ1) is 5.88. The van der Waals surface area contributed by atoms with Gasteiger partial charge in [0.25, 0.3) is 0 Å². The Bertz CT molecular complexity index is 183. The van der Waals surface area contributed by atoms with E-state index in [2.05, 4.69) is 5.16 Å². The van der Waals surface area contributed by atoms with Gasteiger partial charge in [-0.1, -0.05) is 11.2 Å². The van der Waals surface area contributed by atoms with E-state index in [9.17, 15) is 0 Å². The molecule has 4 heteroatoms. The number of hydrogen-bond donors (Lipinski definition) is 1. The maximum absolute atomic E-state index is 8.66. The molecule has 0 aromatic carbocycles. The molecule has 1 aliphatic heterocycles. The standard InChI is InChI=1S/C8H14N2O2/c1-2-3-8(9-11)10-4-6-12-7-5-10/h2-3,11H,4-7H2,1H3. The summed E-state index contributed by atoms with van der Waals surface area (Å²) in [4.78, 5) is 1.99. The number of morpholine rings is 1. The summed E-state index contributed by atoms with van der Waals surface area (Å²) >= 11 is 0. The second-order valence-corrected chi connectivity index (χ2v) is 2.56. The van der Waals surface area contributed by atoms with Crippen molar-refractivity contribution < 1.29 is 9.94 Å². The van der Waals surface area contributed by atoms with Crippen LogP contribution in [0.2, 0.25) is 0 Å². The number of oxime groups is 1. The van der Waals surface area contributed by atoms with Gasteiger partial charge in [0.1, 0.15) is 0 Å². The molecule has 1 rings (SSSR count). The summed E-state index contributed by atoms with van der Waals surface area (Å²) in [5.74, 6) is 0.612. The average Bonchev–Trinajstić information content (AvgIpc) is 2.15. The summed E-state index contributed by atoms with van der Waals surface area (Å²) < 4.78 is 5.17. The van der Waals surface area contributed by atoms with Gasteiger partial charge in [-0.3, -0.25) is 0 Å². The van der Waals surface area contributed by atoms with E-state index in [-0.39, 0.29) is 0 Å². The lowest BCUT2D eigenvalue weighted by molar-refractivity contribution is 0.0670. The Morgan fingerprint density at radius 2 is 2.17 bits per heavy atom. The maximum Gasteiger partial charge on any atom is 0.167 e. The molecule has 0 saturated carbocycles. The predicted octanol–water partition coefficient (Wildman–Crippen LogP) is 0.682. The molecule has 12 heavy (non-hydrogen) atoms. The first-order valence-electron chi connectivity index (χ1n) is 4.06. The monoisotopic (exact) mass is 170 g/mol. The molecule has 0 aromatic heterocycles. The molecule has 0 radical (unpaired) electrons. The second-order valence-electron chi connectivity index (χ2n) is 2.56. The van der Waals surface area contributed by atoms with E-state index in [1.165, 1.54) is 0 Å². The van der Waals surface area contributed by atoms with Crippen molar-refractivity contribution in [3.05, 3.63) is 12.2 Å². The van der Waals surface area contributed by atoms with Crippen LogP contribution in [0.3, 0.4) is 0 Å². The zero-order valence-electron chi connectivity index (χ0n) is 7.23. The minimum Gasteiger partial charge on any atom is -0.409 e. The lowest BCUT2D eigenvalue weighted by atomic mass is 10.3. The third-order valence-corrected chi connectivity index (χ3v) is 1.75. The van der Waals surface area contributed by atoms with Gasteiger partial charge in [-0.2, -0.15) is 0 Å². The summed E-state index contributed by atoms with van der Waals surface area (Å²) in [6, 6.07) is 0. The second kappa shape index (κ2) is 4.77. The fourth-order valence-corrected chi connectivity index (χ4v) is 1.14. The minimum atomic E-state index is 0.612. The van der Waals surface area contributed by atoms with Crippen LogP contribution < -0.4 is 0 Å². The van der Waals surface area contributed by atoms with Crippen LogP contribution in [0.5, 0.6) is 0 Å². The van der Waals surface area contributed by atoms with E-state index in [0.29, 0.717) is 19.0 Å². The largest absolute Gasteiger partial charge is 0.409 e. The third kappa shape index (κ3) is 2.23. The number of hydrogen-bond acceptors (Lipinski definition) is 3. The Kier molecular flexibility index (Phi) is 3.60. The summed E-state index contributed by atoms with van der Waals surface area (Å²) in [5.41, 5.74) is 0. The molecule has 0 spiro atoms. The highest BCUT2D eigenvalue weighted by atomic mass is 16.5. The van der Waals surface area contributed by atoms with Gasteiger partial charge < -0.3 is 14.8 Å². The van der Waals surface area contributed by atoms with Gasteiger partial charge >= 0.3 is 0 Å². The fraction of sp³-hybridized carbons (Fsp3) is 0.625. The van der Waals surface area contributed by atoms with Crippen molar-refractivity contribution in [2.24, 2.45) is 5.16 Å². The van der Waals surface area contributed by atoms with Crippen molar-refractivity contribution in [2.75, 3.05) is 26.3 Å². The van der Waals surface area contributed by atoms with Crippen molar-refractivity contribution in [1.29, 1.82) is 0 Å². The predicted molar refractivity (Wildman–Crippen MR) is 46.4 cm³/mol. The molecule has 0 atom stereocenters. The molecular weight excluding hydrogens is 156 g/mol. The van der Waals surface area contributed by atoms with Crippen molar-refractivity contribution in [3.8, 4) is 0 Å². The van der Waals surface area contributed by atoms with Crippen molar-refractivity contribution in [3.63, 3.8) is 0 Å². The number of amidine groups is 1. The molecule has 0 amide bonds. The van der Waals surface area contributed by atoms with Gasteiger partial charge in [0.15, 0.2) is 5.84 Å². The van der Waals surface area contributed by atoms with Gasteiger partial charge in [-0.05, 0) is 13.0 Å². The minimum absolute atomic E-state index is 0.612. The zero-order valence-corrected chi connectivity index (χ0v) is 7.23. The van der Waals surface area contributed by atoms with Crippen molar-refractivity contribution >= 4 is 5.84 Å². The van der Waals surface area contributed by atoms with Crippen LogP contribution in [-0.4, -0.2) is 42.2 Å². The van der Waals surface area contributed by atoms with E-state index in [0.717, 1.165) is 13.1 Å². The molecule has 0 bridgehead atoms. The third-order valence-electron chi connectivity index (χ3n) is 1.75. The topological polar surface area (TPSA) is 45.1 Å². The van der Waals surface area contributed by atoms with E-state index >= 15 is 0 Å². The number of rotatable bonds is 1. The number of ether oxygens (including phenoxy) is 1. The van der Waals surface area contributed by atoms with Gasteiger partial charge in [0.05, 0.1) is 13.2 Å². The molecule has 1 N–H and O–H groups in total. The summed E-state index contributed by atoms with van der Waals surface area (Å²) in [7, 11) is 0. The van der Waals surface area contributed by atoms with Gasteiger partial charge in [-0.25, -0.2) is 0 Å². The van der Waals surface area contributed by atoms with Crippen LogP contribution in [0.1, 0.15) is 6.92 Å². The summed E-state index contributed by atoms with van der Waals surface area (Å²) in [5, 5.41) is 11.9. The smallest absolute Gasteiger partial charge is 0.167 e. The fourth-order valence-electron chi connectivity index (χ4n) is 1.14. The van der Waals surface area contributed by atoms with Crippen LogP contribution in [0.4, 0.5) is 0 Å². The molecule has 1 saturated heterocycles. The van der Waals surface area contributed by atoms with Crippen LogP contribution >= 0.6 is 0 Å². The van der Waals surface area contributed by atoms with E-state index in [1.807, 2.05) is 17.9 Å². The van der Waals surface area contributed by atoms with Gasteiger partial charge in [0, 0.05) is 13.1 Å². The van der Waals surface area contributed by atoms with Gasteiger partial charge in [-0.15, -0.1) is 0 Å². The molecule has 1 aliphatic rings. The summed E-state index contributed by atoms with van der Waals surface area (Å²) in [6.45, 7) is 4.90. The van der Waals surface area contributed by atoms with E-state index in [1.54, 1.807) is 6.08 Å². The Balaban J connectivity index is 2.52. The molecule has 4 nitrogen and oxygen atoms in total. The quantitative estimate of drug-likeness (QED) is 0.272. The Morgan fingerprint density at radius 3 is 2.67 bits per heavy atom. The highest BCUT2D eigenvalue weighted by molar-refractivity contribution is 5.92. The number of allylic oxidation sites excluding steroid dienone is 1. The van der Waals surface area contributed by atoms with Crippen molar-refractivity contribution in [2.45, 2.75) is 6.92 Å². The SMILES string of the molecule is CC=CC(=NO)N1CCOCC1. The molecule has 1 fully saturated rings. The molecule has 0 aromatic rings. The Morgan fingerprint density at radius 1 is 1.50 bits per heavy atom. The lowest BCUT2D eigenvalue weighted by Gasteiger charge is -2.27. The van der Waals surface area contributed by atoms with Crippen LogP contribution in [0, 0.1) is 0 Å².